The summed E-state index contributed by atoms with van der Waals surface area (Å²) in [6.07, 6.45) is 2.21. The molecule has 14 heavy (non-hydrogen) atoms. The molecule has 5 unspecified atom stereocenters. The number of thiol groups is 1. The zero-order valence-electron chi connectivity index (χ0n) is 8.22. The Morgan fingerprint density at radius 2 is 2.07 bits per heavy atom. The summed E-state index contributed by atoms with van der Waals surface area (Å²) in [7, 11) is -0.541. The number of rotatable bonds is 2. The Morgan fingerprint density at radius 3 is 2.64 bits per heavy atom. The van der Waals surface area contributed by atoms with Crippen molar-refractivity contribution in [2.45, 2.75) is 36.7 Å². The van der Waals surface area contributed by atoms with Crippen molar-refractivity contribution in [2.24, 2.45) is 11.8 Å². The van der Waals surface area contributed by atoms with Gasteiger partial charge in [0.25, 0.3) is 0 Å². The normalized spacial score (nSPS) is 47.2. The Labute approximate surface area is 85.6 Å². The molecule has 0 aromatic heterocycles. The van der Waals surface area contributed by atoms with Crippen LogP contribution < -0.4 is 5.32 Å². The number of aliphatic hydroxyl groups is 1. The molecule has 3 rings (SSSR count). The van der Waals surface area contributed by atoms with Gasteiger partial charge in [0.05, 0.1) is 11.4 Å². The van der Waals surface area contributed by atoms with Gasteiger partial charge in [0.15, 0.2) is 0 Å². The summed E-state index contributed by atoms with van der Waals surface area (Å²) >= 11 is 0. The third kappa shape index (κ3) is 1.47. The van der Waals surface area contributed by atoms with E-state index in [1.165, 1.54) is 0 Å². The monoisotopic (exact) mass is 219 g/mol. The Morgan fingerprint density at radius 1 is 1.36 bits per heavy atom. The maximum absolute atomic E-state index is 11.0. The molecule has 0 radical (unpaired) electrons. The molecular weight excluding hydrogens is 202 g/mol. The van der Waals surface area contributed by atoms with E-state index in [0.29, 0.717) is 6.42 Å². The van der Waals surface area contributed by atoms with Crippen LogP contribution in [0.3, 0.4) is 0 Å². The van der Waals surface area contributed by atoms with Gasteiger partial charge in [-0.3, -0.25) is 0 Å². The SMILES string of the molecule is CNC1C(O)C2CCC1C([SH](=O)=O)C2. The van der Waals surface area contributed by atoms with Crippen molar-refractivity contribution in [3.05, 3.63) is 0 Å². The summed E-state index contributed by atoms with van der Waals surface area (Å²) < 4.78 is 22.1. The Bertz CT molecular complexity index is 284. The van der Waals surface area contributed by atoms with Crippen molar-refractivity contribution in [1.82, 2.24) is 5.32 Å². The first-order chi connectivity index (χ1) is 6.65. The lowest BCUT2D eigenvalue weighted by atomic mass is 9.66. The van der Waals surface area contributed by atoms with Gasteiger partial charge in [-0.05, 0) is 38.1 Å². The van der Waals surface area contributed by atoms with Crippen LogP contribution >= 0.6 is 0 Å². The van der Waals surface area contributed by atoms with Crippen molar-refractivity contribution >= 4 is 10.7 Å². The van der Waals surface area contributed by atoms with Crippen molar-refractivity contribution < 1.29 is 13.5 Å². The predicted molar refractivity (Wildman–Crippen MR) is 53.8 cm³/mol. The van der Waals surface area contributed by atoms with E-state index in [1.54, 1.807) is 7.05 Å². The fourth-order valence-electron chi connectivity index (χ4n) is 3.10. The second-order valence-corrected chi connectivity index (χ2v) is 5.63. The first kappa shape index (κ1) is 10.4. The van der Waals surface area contributed by atoms with Crippen LogP contribution in [0.15, 0.2) is 0 Å². The lowest BCUT2D eigenvalue weighted by molar-refractivity contribution is -0.0262. The first-order valence-corrected chi connectivity index (χ1v) is 6.38. The summed E-state index contributed by atoms with van der Waals surface area (Å²) in [5.74, 6) is 0.288. The number of fused-ring (bicyclic) bond motifs is 3. The Hall–Kier alpha value is -0.130. The molecule has 3 fully saturated rings. The minimum atomic E-state index is -2.34. The van der Waals surface area contributed by atoms with Crippen LogP contribution in [-0.2, 0) is 10.7 Å². The van der Waals surface area contributed by atoms with Gasteiger partial charge in [-0.15, -0.1) is 0 Å². The predicted octanol–water partition coefficient (Wildman–Crippen LogP) is -0.655. The number of nitrogens with one attached hydrogen (secondary N) is 1. The Kier molecular flexibility index (Phi) is 2.81. The molecule has 2 bridgehead atoms. The highest BCUT2D eigenvalue weighted by atomic mass is 32.2. The van der Waals surface area contributed by atoms with Crippen molar-refractivity contribution in [2.75, 3.05) is 7.05 Å². The maximum atomic E-state index is 11.0. The molecule has 0 amide bonds. The van der Waals surface area contributed by atoms with E-state index < -0.39 is 10.7 Å². The van der Waals surface area contributed by atoms with Crippen LogP contribution in [0.4, 0.5) is 0 Å². The summed E-state index contributed by atoms with van der Waals surface area (Å²) in [4.78, 5) is 0. The van der Waals surface area contributed by atoms with Crippen molar-refractivity contribution in [1.29, 1.82) is 0 Å². The minimum absolute atomic E-state index is 0.0274. The summed E-state index contributed by atoms with van der Waals surface area (Å²) in [6, 6.07) is -0.0274. The average molecular weight is 219 g/mol. The molecule has 0 aromatic rings. The molecule has 82 valence electrons. The molecule has 4 nitrogen and oxygen atoms in total. The molecule has 0 aromatic carbocycles. The molecule has 3 aliphatic carbocycles. The number of likely N-dealkylation sites (N-methyl/N-ethyl adjacent to an activating group) is 1. The van der Waals surface area contributed by atoms with Gasteiger partial charge in [0, 0.05) is 6.04 Å². The molecule has 5 atom stereocenters. The standard InChI is InChI=1S/C9H17NO3S/c1-10-8-6-3-2-5(9(8)11)4-7(6)14(12)13/h5-11,14H,2-4H2,1H3. The smallest absolute Gasteiger partial charge is 0.143 e. The summed E-state index contributed by atoms with van der Waals surface area (Å²) in [5.41, 5.74) is 0. The largest absolute Gasteiger partial charge is 0.391 e. The minimum Gasteiger partial charge on any atom is -0.391 e. The van der Waals surface area contributed by atoms with Gasteiger partial charge >= 0.3 is 0 Å². The zero-order valence-corrected chi connectivity index (χ0v) is 9.11. The number of aliphatic hydroxyl groups excluding tert-OH is 1. The van der Waals surface area contributed by atoms with E-state index >= 15 is 0 Å². The lowest BCUT2D eigenvalue weighted by Gasteiger charge is -2.48. The molecule has 0 spiro atoms. The first-order valence-electron chi connectivity index (χ1n) is 5.14. The molecule has 2 N–H and O–H groups in total. The van der Waals surface area contributed by atoms with E-state index in [-0.39, 0.29) is 29.2 Å². The van der Waals surface area contributed by atoms with Gasteiger partial charge in [0.1, 0.15) is 10.7 Å². The Balaban J connectivity index is 2.23. The van der Waals surface area contributed by atoms with E-state index in [2.05, 4.69) is 5.32 Å². The fourth-order valence-corrected chi connectivity index (χ4v) is 4.19. The van der Waals surface area contributed by atoms with Gasteiger partial charge < -0.3 is 10.4 Å². The third-order valence-electron chi connectivity index (χ3n) is 3.83. The second-order valence-electron chi connectivity index (χ2n) is 4.39. The number of hydrogen-bond donors (Lipinski definition) is 3. The summed E-state index contributed by atoms with van der Waals surface area (Å²) in [5, 5.41) is 12.7. The zero-order chi connectivity index (χ0) is 10.3. The van der Waals surface area contributed by atoms with Crippen molar-refractivity contribution in [3.8, 4) is 0 Å². The van der Waals surface area contributed by atoms with Gasteiger partial charge in [-0.1, -0.05) is 0 Å². The quantitative estimate of drug-likeness (QED) is 0.540. The van der Waals surface area contributed by atoms with Crippen LogP contribution in [0.25, 0.3) is 0 Å². The highest BCUT2D eigenvalue weighted by molar-refractivity contribution is 7.73. The second kappa shape index (κ2) is 3.79. The molecule has 5 heteroatoms. The molecule has 0 heterocycles. The van der Waals surface area contributed by atoms with Gasteiger partial charge in [-0.25, -0.2) is 8.42 Å². The van der Waals surface area contributed by atoms with Gasteiger partial charge in [0.2, 0.25) is 0 Å². The highest BCUT2D eigenvalue weighted by Crippen LogP contribution is 2.42. The van der Waals surface area contributed by atoms with Crippen LogP contribution in [0.5, 0.6) is 0 Å². The molecule has 3 aliphatic rings. The number of hydrogen-bond acceptors (Lipinski definition) is 4. The van der Waals surface area contributed by atoms with E-state index in [9.17, 15) is 13.5 Å². The maximum Gasteiger partial charge on any atom is 0.143 e. The fraction of sp³-hybridized carbons (Fsp3) is 1.00. The third-order valence-corrected chi connectivity index (χ3v) is 4.96. The molecule has 0 aliphatic heterocycles. The molecule has 0 saturated heterocycles. The van der Waals surface area contributed by atoms with Crippen LogP contribution in [0.2, 0.25) is 0 Å². The van der Waals surface area contributed by atoms with Crippen LogP contribution in [-0.4, -0.2) is 38.0 Å². The molecule has 3 saturated carbocycles. The van der Waals surface area contributed by atoms with E-state index in [1.807, 2.05) is 0 Å². The van der Waals surface area contributed by atoms with E-state index in [0.717, 1.165) is 12.8 Å². The summed E-state index contributed by atoms with van der Waals surface area (Å²) in [6.45, 7) is 0. The highest BCUT2D eigenvalue weighted by Gasteiger charge is 2.48. The average Bonchev–Trinajstić information content (AvgIpc) is 2.18. The van der Waals surface area contributed by atoms with E-state index in [4.69, 9.17) is 0 Å². The van der Waals surface area contributed by atoms with Crippen molar-refractivity contribution in [3.63, 3.8) is 0 Å². The van der Waals surface area contributed by atoms with Crippen LogP contribution in [0.1, 0.15) is 19.3 Å². The topological polar surface area (TPSA) is 66.4 Å². The molecular formula is C9H17NO3S. The van der Waals surface area contributed by atoms with Crippen LogP contribution in [0, 0.1) is 11.8 Å². The van der Waals surface area contributed by atoms with Gasteiger partial charge in [-0.2, -0.15) is 0 Å². The lowest BCUT2D eigenvalue weighted by Crippen LogP contribution is -2.59.